The van der Waals surface area contributed by atoms with Crippen LogP contribution >= 0.6 is 0 Å². The predicted octanol–water partition coefficient (Wildman–Crippen LogP) is 0.673. The van der Waals surface area contributed by atoms with Crippen LogP contribution in [0.15, 0.2) is 15.5 Å². The van der Waals surface area contributed by atoms with Crippen LogP contribution in [0.25, 0.3) is 0 Å². The van der Waals surface area contributed by atoms with Gasteiger partial charge in [0.1, 0.15) is 17.1 Å². The third-order valence-electron chi connectivity index (χ3n) is 2.39. The first kappa shape index (κ1) is 14.6. The summed E-state index contributed by atoms with van der Waals surface area (Å²) >= 11 is 0. The number of carbonyl (C=O) groups is 1. The van der Waals surface area contributed by atoms with Gasteiger partial charge in [0.05, 0.1) is 20.2 Å². The molecule has 1 rings (SSSR count). The number of nitrogens with zero attached hydrogens (tertiary/aromatic N) is 1. The second-order valence-electron chi connectivity index (χ2n) is 3.66. The first-order valence-electron chi connectivity index (χ1n) is 5.68. The van der Waals surface area contributed by atoms with Crippen LogP contribution in [-0.4, -0.2) is 32.6 Å². The van der Waals surface area contributed by atoms with Crippen molar-refractivity contribution in [2.24, 2.45) is 4.99 Å². The number of esters is 1. The van der Waals surface area contributed by atoms with Gasteiger partial charge in [0.2, 0.25) is 0 Å². The average Bonchev–Trinajstić information content (AvgIpc) is 2.79. The summed E-state index contributed by atoms with van der Waals surface area (Å²) in [6.07, 6.45) is 5.15. The molecule has 6 nitrogen and oxygen atoms in total. The molecule has 0 unspecified atom stereocenters. The number of guanidine groups is 1. The van der Waals surface area contributed by atoms with Crippen molar-refractivity contribution in [1.82, 2.24) is 10.6 Å². The van der Waals surface area contributed by atoms with E-state index in [4.69, 9.17) is 10.8 Å². The summed E-state index contributed by atoms with van der Waals surface area (Å²) in [6, 6.07) is 1.64. The van der Waals surface area contributed by atoms with Gasteiger partial charge in [-0.2, -0.15) is 0 Å². The first-order valence-corrected chi connectivity index (χ1v) is 5.68. The smallest absolute Gasteiger partial charge is 0.341 e. The van der Waals surface area contributed by atoms with E-state index < -0.39 is 5.97 Å². The van der Waals surface area contributed by atoms with Gasteiger partial charge in [0, 0.05) is 7.05 Å². The molecule has 102 valence electrons. The number of carbonyl (C=O) groups excluding carboxylic acids is 1. The second kappa shape index (κ2) is 7.11. The molecule has 6 heteroatoms. The first-order chi connectivity index (χ1) is 9.12. The molecule has 1 heterocycles. The molecule has 0 radical (unpaired) electrons. The number of rotatable bonds is 4. The zero-order valence-electron chi connectivity index (χ0n) is 11.2. The predicted molar refractivity (Wildman–Crippen MR) is 71.8 cm³/mol. The molecule has 0 fully saturated rings. The maximum atomic E-state index is 11.4. The van der Waals surface area contributed by atoms with Crippen molar-refractivity contribution in [2.75, 3.05) is 20.7 Å². The summed E-state index contributed by atoms with van der Waals surface area (Å²) in [6.45, 7) is 2.48. The molecule has 0 atom stereocenters. The molecule has 0 aliphatic rings. The molecule has 0 aromatic carbocycles. The molecule has 0 saturated heterocycles. The van der Waals surface area contributed by atoms with Crippen molar-refractivity contribution in [2.45, 2.75) is 13.5 Å². The lowest BCUT2D eigenvalue weighted by Crippen LogP contribution is -2.36. The third-order valence-corrected chi connectivity index (χ3v) is 2.39. The van der Waals surface area contributed by atoms with E-state index >= 15 is 0 Å². The minimum atomic E-state index is -0.415. The molecule has 0 amide bonds. The molecule has 0 bridgehead atoms. The van der Waals surface area contributed by atoms with E-state index in [1.165, 1.54) is 7.11 Å². The SMILES string of the molecule is C#CCNC(=NC)NCc1cc(C(=O)OC)c(C)o1. The maximum absolute atomic E-state index is 11.4. The van der Waals surface area contributed by atoms with Gasteiger partial charge in [-0.1, -0.05) is 5.92 Å². The van der Waals surface area contributed by atoms with Crippen LogP contribution in [-0.2, 0) is 11.3 Å². The second-order valence-corrected chi connectivity index (χ2v) is 3.66. The molecule has 1 aromatic rings. The van der Waals surface area contributed by atoms with Crippen molar-refractivity contribution in [3.63, 3.8) is 0 Å². The Kier molecular flexibility index (Phi) is 5.48. The largest absolute Gasteiger partial charge is 0.465 e. The molecule has 1 aromatic heterocycles. The molecule has 0 aliphatic heterocycles. The summed E-state index contributed by atoms with van der Waals surface area (Å²) in [5, 5.41) is 5.93. The number of aryl methyl sites for hydroxylation is 1. The number of methoxy groups -OCH3 is 1. The number of terminal acetylenes is 1. The standard InChI is InChI=1S/C13H17N3O3/c1-5-6-15-13(14-3)16-8-10-7-11(9(2)19-10)12(17)18-4/h1,7H,6,8H2,2-4H3,(H2,14,15,16). The van der Waals surface area contributed by atoms with E-state index in [2.05, 4.69) is 26.3 Å². The van der Waals surface area contributed by atoms with Gasteiger partial charge in [0.15, 0.2) is 5.96 Å². The Morgan fingerprint density at radius 2 is 2.32 bits per heavy atom. The maximum Gasteiger partial charge on any atom is 0.341 e. The van der Waals surface area contributed by atoms with E-state index in [-0.39, 0.29) is 0 Å². The van der Waals surface area contributed by atoms with Crippen molar-refractivity contribution in [1.29, 1.82) is 0 Å². The van der Waals surface area contributed by atoms with Gasteiger partial charge in [-0.3, -0.25) is 4.99 Å². The van der Waals surface area contributed by atoms with Crippen LogP contribution in [0.2, 0.25) is 0 Å². The van der Waals surface area contributed by atoms with Crippen LogP contribution in [0.3, 0.4) is 0 Å². The number of aliphatic imine (C=N–C) groups is 1. The highest BCUT2D eigenvalue weighted by Crippen LogP contribution is 2.15. The fourth-order valence-corrected chi connectivity index (χ4v) is 1.47. The molecular weight excluding hydrogens is 246 g/mol. The van der Waals surface area contributed by atoms with Gasteiger partial charge in [0.25, 0.3) is 0 Å². The fraction of sp³-hybridized carbons (Fsp3) is 0.385. The zero-order valence-corrected chi connectivity index (χ0v) is 11.2. The molecule has 0 aliphatic carbocycles. The molecule has 0 spiro atoms. The molecular formula is C13H17N3O3. The molecule has 2 N–H and O–H groups in total. The lowest BCUT2D eigenvalue weighted by molar-refractivity contribution is 0.0599. The Bertz CT molecular complexity index is 512. The highest BCUT2D eigenvalue weighted by atomic mass is 16.5. The summed E-state index contributed by atoms with van der Waals surface area (Å²) in [5.41, 5.74) is 0.422. The van der Waals surface area contributed by atoms with Gasteiger partial charge in [-0.05, 0) is 13.0 Å². The van der Waals surface area contributed by atoms with Gasteiger partial charge < -0.3 is 19.8 Å². The van der Waals surface area contributed by atoms with E-state index in [1.807, 2.05) is 0 Å². The normalized spacial score (nSPS) is 10.7. The lowest BCUT2D eigenvalue weighted by Gasteiger charge is -2.07. The summed E-state index contributed by atoms with van der Waals surface area (Å²) in [7, 11) is 2.97. The Labute approximate surface area is 112 Å². The number of ether oxygens (including phenoxy) is 1. The Morgan fingerprint density at radius 3 is 2.89 bits per heavy atom. The summed E-state index contributed by atoms with van der Waals surface area (Å²) in [5.74, 6) is 3.73. The lowest BCUT2D eigenvalue weighted by atomic mass is 10.2. The Morgan fingerprint density at radius 1 is 1.58 bits per heavy atom. The third kappa shape index (κ3) is 4.07. The van der Waals surface area contributed by atoms with E-state index in [0.717, 1.165) is 0 Å². The number of nitrogens with one attached hydrogen (secondary N) is 2. The monoisotopic (exact) mass is 263 g/mol. The topological polar surface area (TPSA) is 75.9 Å². The van der Waals surface area contributed by atoms with E-state index in [0.29, 0.717) is 36.1 Å². The van der Waals surface area contributed by atoms with E-state index in [1.54, 1.807) is 20.0 Å². The highest BCUT2D eigenvalue weighted by molar-refractivity contribution is 5.90. The summed E-state index contributed by atoms with van der Waals surface area (Å²) < 4.78 is 10.1. The minimum absolute atomic E-state index is 0.379. The van der Waals surface area contributed by atoms with Gasteiger partial charge >= 0.3 is 5.97 Å². The van der Waals surface area contributed by atoms with Crippen molar-refractivity contribution in [3.05, 3.63) is 23.2 Å². The van der Waals surface area contributed by atoms with Crippen molar-refractivity contribution in [3.8, 4) is 12.3 Å². The van der Waals surface area contributed by atoms with Crippen LogP contribution in [0.5, 0.6) is 0 Å². The molecule has 0 saturated carbocycles. The van der Waals surface area contributed by atoms with Crippen LogP contribution in [0, 0.1) is 19.3 Å². The fourth-order valence-electron chi connectivity index (χ4n) is 1.47. The van der Waals surface area contributed by atoms with Crippen LogP contribution < -0.4 is 10.6 Å². The van der Waals surface area contributed by atoms with E-state index in [9.17, 15) is 4.79 Å². The zero-order chi connectivity index (χ0) is 14.3. The molecule has 19 heavy (non-hydrogen) atoms. The van der Waals surface area contributed by atoms with Gasteiger partial charge in [-0.25, -0.2) is 4.79 Å². The van der Waals surface area contributed by atoms with Gasteiger partial charge in [-0.15, -0.1) is 6.42 Å². The number of hydrogen-bond acceptors (Lipinski definition) is 4. The van der Waals surface area contributed by atoms with Crippen molar-refractivity contribution >= 4 is 11.9 Å². The van der Waals surface area contributed by atoms with Crippen LogP contribution in [0.4, 0.5) is 0 Å². The number of furan rings is 1. The van der Waals surface area contributed by atoms with Crippen molar-refractivity contribution < 1.29 is 13.9 Å². The quantitative estimate of drug-likeness (QED) is 0.361. The Hall–Kier alpha value is -2.42. The average molecular weight is 263 g/mol. The highest BCUT2D eigenvalue weighted by Gasteiger charge is 2.15. The number of hydrogen-bond donors (Lipinski definition) is 2. The van der Waals surface area contributed by atoms with Crippen LogP contribution in [0.1, 0.15) is 21.9 Å². The minimum Gasteiger partial charge on any atom is -0.465 e. The Balaban J connectivity index is 2.64. The summed E-state index contributed by atoms with van der Waals surface area (Å²) in [4.78, 5) is 15.4.